The predicted octanol–water partition coefficient (Wildman–Crippen LogP) is 4.66. The summed E-state index contributed by atoms with van der Waals surface area (Å²) in [6, 6.07) is 0.939. The molecule has 3 rings (SSSR count). The molecule has 7 heteroatoms. The van der Waals surface area contributed by atoms with Crippen LogP contribution in [0.5, 0.6) is 0 Å². The fourth-order valence-corrected chi connectivity index (χ4v) is 3.41. The number of alkyl halides is 3. The van der Waals surface area contributed by atoms with E-state index in [4.69, 9.17) is 4.74 Å². The quantitative estimate of drug-likeness (QED) is 0.737. The van der Waals surface area contributed by atoms with Crippen molar-refractivity contribution in [3.63, 3.8) is 0 Å². The summed E-state index contributed by atoms with van der Waals surface area (Å²) in [5.41, 5.74) is -0.0554. The van der Waals surface area contributed by atoms with Crippen LogP contribution in [0.3, 0.4) is 0 Å². The number of hydrogen-bond donors (Lipinski definition) is 0. The van der Waals surface area contributed by atoms with Gasteiger partial charge in [0.1, 0.15) is 5.60 Å². The number of fused-ring (bicyclic) bond motifs is 2. The van der Waals surface area contributed by atoms with Crippen molar-refractivity contribution in [1.29, 1.82) is 0 Å². The fourth-order valence-electron chi connectivity index (χ4n) is 3.41. The van der Waals surface area contributed by atoms with Crippen molar-refractivity contribution in [1.82, 2.24) is 9.88 Å². The number of hydrogen-bond acceptors (Lipinski definition) is 3. The third-order valence-electron chi connectivity index (χ3n) is 4.44. The van der Waals surface area contributed by atoms with E-state index >= 15 is 0 Å². The third kappa shape index (κ3) is 3.80. The lowest BCUT2D eigenvalue weighted by Gasteiger charge is -2.35. The lowest BCUT2D eigenvalue weighted by Crippen LogP contribution is -2.45. The standard InChI is InChI=1S/C18H21F3N2O2/c1-17(2,3)25-16(24)23-14-4-5-15(23)8-11(7-14)12-6-13(10-22-9-12)18(19,20)21/h6-7,9-10,14-15H,4-5,8H2,1-3H3. The Kier molecular flexibility index (Phi) is 4.29. The summed E-state index contributed by atoms with van der Waals surface area (Å²) in [7, 11) is 0. The molecule has 2 atom stereocenters. The highest BCUT2D eigenvalue weighted by molar-refractivity contribution is 5.75. The second-order valence-corrected chi connectivity index (χ2v) is 7.54. The van der Waals surface area contributed by atoms with Crippen LogP contribution in [0.15, 0.2) is 24.5 Å². The number of carbonyl (C=O) groups is 1. The number of rotatable bonds is 1. The molecular formula is C18H21F3N2O2. The molecule has 3 heterocycles. The minimum Gasteiger partial charge on any atom is -0.444 e. The fraction of sp³-hybridized carbons (Fsp3) is 0.556. The van der Waals surface area contributed by atoms with Crippen LogP contribution in [0.25, 0.3) is 5.57 Å². The van der Waals surface area contributed by atoms with Crippen molar-refractivity contribution in [3.8, 4) is 0 Å². The van der Waals surface area contributed by atoms with Gasteiger partial charge in [-0.05, 0) is 57.2 Å². The zero-order chi connectivity index (χ0) is 18.4. The largest absolute Gasteiger partial charge is 0.444 e. The first kappa shape index (κ1) is 17.8. The molecule has 0 aliphatic carbocycles. The Morgan fingerprint density at radius 1 is 1.24 bits per heavy atom. The van der Waals surface area contributed by atoms with Crippen LogP contribution >= 0.6 is 0 Å². The Morgan fingerprint density at radius 2 is 1.96 bits per heavy atom. The SMILES string of the molecule is CC(C)(C)OC(=O)N1C2C=C(c3cncc(C(F)(F)F)c3)CC1CC2. The maximum atomic E-state index is 12.9. The number of amides is 1. The molecule has 1 amide bonds. The number of nitrogens with zero attached hydrogens (tertiary/aromatic N) is 2. The molecule has 1 saturated heterocycles. The van der Waals surface area contributed by atoms with Gasteiger partial charge in [-0.1, -0.05) is 6.08 Å². The molecule has 0 saturated carbocycles. The van der Waals surface area contributed by atoms with E-state index in [2.05, 4.69) is 4.98 Å². The van der Waals surface area contributed by atoms with E-state index in [1.807, 2.05) is 26.8 Å². The molecule has 2 bridgehead atoms. The molecule has 1 aromatic heterocycles. The van der Waals surface area contributed by atoms with Crippen LogP contribution in [-0.4, -0.2) is 33.7 Å². The number of halogens is 3. The van der Waals surface area contributed by atoms with Gasteiger partial charge in [-0.3, -0.25) is 9.88 Å². The van der Waals surface area contributed by atoms with Crippen molar-refractivity contribution < 1.29 is 22.7 Å². The summed E-state index contributed by atoms with van der Waals surface area (Å²) in [5.74, 6) is 0. The van der Waals surface area contributed by atoms with Crippen LogP contribution in [0.2, 0.25) is 0 Å². The second kappa shape index (κ2) is 6.04. The van der Waals surface area contributed by atoms with Gasteiger partial charge in [0.25, 0.3) is 0 Å². The Labute approximate surface area is 144 Å². The lowest BCUT2D eigenvalue weighted by molar-refractivity contribution is -0.137. The first-order valence-electron chi connectivity index (χ1n) is 8.29. The van der Waals surface area contributed by atoms with Gasteiger partial charge >= 0.3 is 12.3 Å². The molecule has 4 nitrogen and oxygen atoms in total. The highest BCUT2D eigenvalue weighted by atomic mass is 19.4. The summed E-state index contributed by atoms with van der Waals surface area (Å²) in [4.78, 5) is 17.9. The van der Waals surface area contributed by atoms with Crippen LogP contribution in [-0.2, 0) is 10.9 Å². The average Bonchev–Trinajstić information content (AvgIpc) is 2.75. The second-order valence-electron chi connectivity index (χ2n) is 7.54. The number of ether oxygens (including phenoxy) is 1. The van der Waals surface area contributed by atoms with Crippen LogP contribution in [0, 0.1) is 0 Å². The molecular weight excluding hydrogens is 333 g/mol. The average molecular weight is 354 g/mol. The minimum absolute atomic E-state index is 0.0469. The van der Waals surface area contributed by atoms with Gasteiger partial charge in [0, 0.05) is 18.4 Å². The molecule has 136 valence electrons. The van der Waals surface area contributed by atoms with Crippen molar-refractivity contribution in [2.45, 2.75) is 63.9 Å². The summed E-state index contributed by atoms with van der Waals surface area (Å²) < 4.78 is 44.2. The Hall–Kier alpha value is -2.05. The van der Waals surface area contributed by atoms with E-state index in [1.54, 1.807) is 4.90 Å². The molecule has 1 aromatic rings. The number of aromatic nitrogens is 1. The lowest BCUT2D eigenvalue weighted by atomic mass is 9.95. The van der Waals surface area contributed by atoms with E-state index in [1.165, 1.54) is 6.20 Å². The first-order valence-corrected chi connectivity index (χ1v) is 8.29. The molecule has 2 aliphatic heterocycles. The van der Waals surface area contributed by atoms with Gasteiger partial charge in [-0.15, -0.1) is 0 Å². The highest BCUT2D eigenvalue weighted by Crippen LogP contribution is 2.40. The van der Waals surface area contributed by atoms with E-state index in [0.717, 1.165) is 30.7 Å². The summed E-state index contributed by atoms with van der Waals surface area (Å²) in [6.07, 6.45) is 1.50. The van der Waals surface area contributed by atoms with Gasteiger partial charge < -0.3 is 4.74 Å². The number of pyridine rings is 1. The summed E-state index contributed by atoms with van der Waals surface area (Å²) in [5, 5.41) is 0. The number of carbonyl (C=O) groups excluding carboxylic acids is 1. The molecule has 2 unspecified atom stereocenters. The van der Waals surface area contributed by atoms with Crippen molar-refractivity contribution in [2.24, 2.45) is 0 Å². The maximum absolute atomic E-state index is 12.9. The Balaban J connectivity index is 1.84. The topological polar surface area (TPSA) is 42.4 Å². The molecule has 1 fully saturated rings. The molecule has 0 spiro atoms. The monoisotopic (exact) mass is 354 g/mol. The molecule has 0 aromatic carbocycles. The molecule has 25 heavy (non-hydrogen) atoms. The van der Waals surface area contributed by atoms with Gasteiger partial charge in [0.15, 0.2) is 0 Å². The van der Waals surface area contributed by atoms with E-state index in [0.29, 0.717) is 12.0 Å². The molecule has 0 radical (unpaired) electrons. The third-order valence-corrected chi connectivity index (χ3v) is 4.44. The van der Waals surface area contributed by atoms with Gasteiger partial charge in [0.2, 0.25) is 0 Å². The minimum atomic E-state index is -4.42. The van der Waals surface area contributed by atoms with Crippen LogP contribution in [0.4, 0.5) is 18.0 Å². The molecule has 2 aliphatic rings. The van der Waals surface area contributed by atoms with Crippen molar-refractivity contribution in [3.05, 3.63) is 35.7 Å². The van der Waals surface area contributed by atoms with Crippen LogP contribution < -0.4 is 0 Å². The normalized spacial score (nSPS) is 23.4. The van der Waals surface area contributed by atoms with Gasteiger partial charge in [-0.25, -0.2) is 4.79 Å². The van der Waals surface area contributed by atoms with Gasteiger partial charge in [-0.2, -0.15) is 13.2 Å². The Bertz CT molecular complexity index is 707. The van der Waals surface area contributed by atoms with E-state index in [-0.39, 0.29) is 18.2 Å². The zero-order valence-electron chi connectivity index (χ0n) is 14.4. The summed E-state index contributed by atoms with van der Waals surface area (Å²) in [6.45, 7) is 5.44. The van der Waals surface area contributed by atoms with Crippen LogP contribution in [0.1, 0.15) is 51.2 Å². The Morgan fingerprint density at radius 3 is 2.56 bits per heavy atom. The predicted molar refractivity (Wildman–Crippen MR) is 86.7 cm³/mol. The van der Waals surface area contributed by atoms with E-state index in [9.17, 15) is 18.0 Å². The van der Waals surface area contributed by atoms with Gasteiger partial charge in [0.05, 0.1) is 11.6 Å². The van der Waals surface area contributed by atoms with Crippen molar-refractivity contribution in [2.75, 3.05) is 0 Å². The van der Waals surface area contributed by atoms with Crippen molar-refractivity contribution >= 4 is 11.7 Å². The zero-order valence-corrected chi connectivity index (χ0v) is 14.4. The maximum Gasteiger partial charge on any atom is 0.417 e. The molecule has 0 N–H and O–H groups in total. The summed E-state index contributed by atoms with van der Waals surface area (Å²) >= 11 is 0. The highest BCUT2D eigenvalue weighted by Gasteiger charge is 2.42. The first-order chi connectivity index (χ1) is 11.5. The smallest absolute Gasteiger partial charge is 0.417 e. The van der Waals surface area contributed by atoms with E-state index < -0.39 is 17.3 Å².